The van der Waals surface area contributed by atoms with E-state index < -0.39 is 4.92 Å². The zero-order valence-electron chi connectivity index (χ0n) is 11.3. The fraction of sp³-hybridized carbons (Fsp3) is 0.133. The minimum atomic E-state index is -0.396. The molecule has 0 spiro atoms. The maximum atomic E-state index is 10.8. The van der Waals surface area contributed by atoms with E-state index in [1.807, 2.05) is 31.2 Å². The standard InChI is InChI=1S/C15H12BrN3O2/c1-10-17-14-4-2-3-5-15(14)18(10)9-11-6-7-12(19(20)21)8-13(11)16/h2-8H,9H2,1H3. The summed E-state index contributed by atoms with van der Waals surface area (Å²) in [6, 6.07) is 12.8. The van der Waals surface area contributed by atoms with Gasteiger partial charge in [0.1, 0.15) is 5.82 Å². The molecule has 21 heavy (non-hydrogen) atoms. The lowest BCUT2D eigenvalue weighted by Gasteiger charge is -2.09. The summed E-state index contributed by atoms with van der Waals surface area (Å²) < 4.78 is 2.83. The third-order valence-corrected chi connectivity index (χ3v) is 4.16. The van der Waals surface area contributed by atoms with Gasteiger partial charge >= 0.3 is 0 Å². The number of para-hydroxylation sites is 2. The van der Waals surface area contributed by atoms with E-state index in [4.69, 9.17) is 0 Å². The van der Waals surface area contributed by atoms with Crippen LogP contribution in [0.1, 0.15) is 11.4 Å². The molecule has 106 valence electrons. The van der Waals surface area contributed by atoms with E-state index in [1.165, 1.54) is 12.1 Å². The highest BCUT2D eigenvalue weighted by Crippen LogP contribution is 2.25. The highest BCUT2D eigenvalue weighted by atomic mass is 79.9. The lowest BCUT2D eigenvalue weighted by atomic mass is 10.2. The number of hydrogen-bond donors (Lipinski definition) is 0. The Bertz CT molecular complexity index is 842. The predicted molar refractivity (Wildman–Crippen MR) is 84.4 cm³/mol. The molecular formula is C15H12BrN3O2. The zero-order valence-corrected chi connectivity index (χ0v) is 12.9. The van der Waals surface area contributed by atoms with Crippen molar-refractivity contribution in [1.82, 2.24) is 9.55 Å². The third-order valence-electron chi connectivity index (χ3n) is 3.42. The van der Waals surface area contributed by atoms with E-state index in [1.54, 1.807) is 6.07 Å². The van der Waals surface area contributed by atoms with Gasteiger partial charge in [-0.05, 0) is 30.7 Å². The van der Waals surface area contributed by atoms with Crippen molar-refractivity contribution in [2.75, 3.05) is 0 Å². The molecule has 0 fully saturated rings. The summed E-state index contributed by atoms with van der Waals surface area (Å²) in [7, 11) is 0. The molecule has 0 N–H and O–H groups in total. The normalized spacial score (nSPS) is 11.0. The summed E-state index contributed by atoms with van der Waals surface area (Å²) in [5.74, 6) is 0.918. The van der Waals surface area contributed by atoms with Crippen LogP contribution in [0.2, 0.25) is 0 Å². The Morgan fingerprint density at radius 1 is 1.29 bits per heavy atom. The number of imidazole rings is 1. The summed E-state index contributed by atoms with van der Waals surface area (Å²) in [5.41, 5.74) is 3.07. The maximum Gasteiger partial charge on any atom is 0.270 e. The van der Waals surface area contributed by atoms with Crippen molar-refractivity contribution >= 4 is 32.7 Å². The summed E-state index contributed by atoms with van der Waals surface area (Å²) in [5, 5.41) is 10.8. The Morgan fingerprint density at radius 3 is 2.76 bits per heavy atom. The zero-order chi connectivity index (χ0) is 15.0. The topological polar surface area (TPSA) is 61.0 Å². The van der Waals surface area contributed by atoms with Crippen molar-refractivity contribution in [3.63, 3.8) is 0 Å². The molecule has 1 aromatic heterocycles. The van der Waals surface area contributed by atoms with E-state index in [9.17, 15) is 10.1 Å². The Kier molecular flexibility index (Phi) is 3.47. The fourth-order valence-electron chi connectivity index (χ4n) is 2.34. The molecule has 0 bridgehead atoms. The van der Waals surface area contributed by atoms with Crippen molar-refractivity contribution in [2.24, 2.45) is 0 Å². The molecule has 0 atom stereocenters. The number of benzene rings is 2. The van der Waals surface area contributed by atoms with Gasteiger partial charge in [-0.15, -0.1) is 0 Å². The largest absolute Gasteiger partial charge is 0.324 e. The van der Waals surface area contributed by atoms with Crippen LogP contribution >= 0.6 is 15.9 Å². The van der Waals surface area contributed by atoms with Gasteiger partial charge in [-0.1, -0.05) is 28.1 Å². The Balaban J connectivity index is 2.03. The molecule has 0 saturated carbocycles. The maximum absolute atomic E-state index is 10.8. The summed E-state index contributed by atoms with van der Waals surface area (Å²) in [6.45, 7) is 2.57. The van der Waals surface area contributed by atoms with Crippen molar-refractivity contribution in [3.8, 4) is 0 Å². The van der Waals surface area contributed by atoms with Crippen LogP contribution in [0.5, 0.6) is 0 Å². The number of nitro benzene ring substituents is 1. The molecule has 3 rings (SSSR count). The predicted octanol–water partition coefficient (Wildman–Crippen LogP) is 4.06. The molecule has 0 amide bonds. The minimum Gasteiger partial charge on any atom is -0.324 e. The van der Waals surface area contributed by atoms with E-state index in [0.717, 1.165) is 26.9 Å². The SMILES string of the molecule is Cc1nc2ccccc2n1Cc1ccc([N+](=O)[O-])cc1Br. The number of rotatable bonds is 3. The van der Waals surface area contributed by atoms with E-state index in [0.29, 0.717) is 6.54 Å². The average Bonchev–Trinajstić information content (AvgIpc) is 2.77. The van der Waals surface area contributed by atoms with Gasteiger partial charge in [0.25, 0.3) is 5.69 Å². The molecule has 5 nitrogen and oxygen atoms in total. The molecule has 0 radical (unpaired) electrons. The number of non-ortho nitro benzene ring substituents is 1. The smallest absolute Gasteiger partial charge is 0.270 e. The van der Waals surface area contributed by atoms with Crippen molar-refractivity contribution in [3.05, 3.63) is 68.4 Å². The second kappa shape index (κ2) is 5.29. The Labute approximate surface area is 129 Å². The molecule has 6 heteroatoms. The summed E-state index contributed by atoms with van der Waals surface area (Å²) >= 11 is 3.41. The second-order valence-corrected chi connectivity index (χ2v) is 5.62. The quantitative estimate of drug-likeness (QED) is 0.531. The first-order chi connectivity index (χ1) is 10.1. The number of nitro groups is 1. The number of aromatic nitrogens is 2. The molecule has 2 aromatic carbocycles. The van der Waals surface area contributed by atoms with Gasteiger partial charge < -0.3 is 4.57 Å². The Morgan fingerprint density at radius 2 is 2.05 bits per heavy atom. The van der Waals surface area contributed by atoms with Gasteiger partial charge in [-0.3, -0.25) is 10.1 Å². The molecule has 0 aliphatic carbocycles. The van der Waals surface area contributed by atoms with Gasteiger partial charge in [0, 0.05) is 16.6 Å². The van der Waals surface area contributed by atoms with Gasteiger partial charge in [0.05, 0.1) is 22.5 Å². The molecule has 0 aliphatic rings. The summed E-state index contributed by atoms with van der Waals surface area (Å²) in [4.78, 5) is 14.9. The van der Waals surface area contributed by atoms with Crippen LogP contribution in [-0.4, -0.2) is 14.5 Å². The van der Waals surface area contributed by atoms with Crippen LogP contribution in [0.3, 0.4) is 0 Å². The first-order valence-corrected chi connectivity index (χ1v) is 7.20. The molecule has 1 heterocycles. The van der Waals surface area contributed by atoms with Gasteiger partial charge in [-0.2, -0.15) is 0 Å². The van der Waals surface area contributed by atoms with E-state index in [-0.39, 0.29) is 5.69 Å². The number of fused-ring (bicyclic) bond motifs is 1. The molecule has 3 aromatic rings. The van der Waals surface area contributed by atoms with Gasteiger partial charge in [0.2, 0.25) is 0 Å². The molecule has 0 unspecified atom stereocenters. The number of halogens is 1. The Hall–Kier alpha value is -2.21. The monoisotopic (exact) mass is 345 g/mol. The highest BCUT2D eigenvalue weighted by Gasteiger charge is 2.12. The first-order valence-electron chi connectivity index (χ1n) is 6.41. The van der Waals surface area contributed by atoms with Crippen molar-refractivity contribution in [2.45, 2.75) is 13.5 Å². The van der Waals surface area contributed by atoms with Crippen LogP contribution in [0.25, 0.3) is 11.0 Å². The van der Waals surface area contributed by atoms with Crippen LogP contribution in [-0.2, 0) is 6.54 Å². The highest BCUT2D eigenvalue weighted by molar-refractivity contribution is 9.10. The third kappa shape index (κ3) is 2.54. The molecule has 0 saturated heterocycles. The number of nitrogens with zero attached hydrogens (tertiary/aromatic N) is 3. The second-order valence-electron chi connectivity index (χ2n) is 4.77. The van der Waals surface area contributed by atoms with Gasteiger partial charge in [0.15, 0.2) is 0 Å². The molecule has 0 aliphatic heterocycles. The van der Waals surface area contributed by atoms with Crippen LogP contribution in [0.15, 0.2) is 46.9 Å². The van der Waals surface area contributed by atoms with Crippen LogP contribution in [0.4, 0.5) is 5.69 Å². The minimum absolute atomic E-state index is 0.0813. The fourth-order valence-corrected chi connectivity index (χ4v) is 2.84. The number of aryl methyl sites for hydroxylation is 1. The lowest BCUT2D eigenvalue weighted by molar-refractivity contribution is -0.384. The molecular weight excluding hydrogens is 334 g/mol. The number of hydrogen-bond acceptors (Lipinski definition) is 3. The van der Waals surface area contributed by atoms with Crippen LogP contribution in [0, 0.1) is 17.0 Å². The van der Waals surface area contributed by atoms with Gasteiger partial charge in [-0.25, -0.2) is 4.98 Å². The van der Waals surface area contributed by atoms with Crippen molar-refractivity contribution < 1.29 is 4.92 Å². The first kappa shape index (κ1) is 13.8. The van der Waals surface area contributed by atoms with Crippen LogP contribution < -0.4 is 0 Å². The van der Waals surface area contributed by atoms with Crippen molar-refractivity contribution in [1.29, 1.82) is 0 Å². The lowest BCUT2D eigenvalue weighted by Crippen LogP contribution is -2.03. The average molecular weight is 346 g/mol. The summed E-state index contributed by atoms with van der Waals surface area (Å²) in [6.07, 6.45) is 0. The van der Waals surface area contributed by atoms with E-state index >= 15 is 0 Å². The van der Waals surface area contributed by atoms with E-state index in [2.05, 4.69) is 25.5 Å².